The highest BCUT2D eigenvalue weighted by atomic mass is 31.2. The van der Waals surface area contributed by atoms with Gasteiger partial charge in [-0.3, -0.25) is 13.8 Å². The van der Waals surface area contributed by atoms with Crippen LogP contribution in [0.4, 0.5) is 0 Å². The van der Waals surface area contributed by atoms with Gasteiger partial charge in [0.15, 0.2) is 0 Å². The van der Waals surface area contributed by atoms with E-state index in [1.807, 2.05) is 27.2 Å². The van der Waals surface area contributed by atoms with Crippen LogP contribution in [0.2, 0.25) is 0 Å². The Morgan fingerprint density at radius 1 is 0.446 bits per heavy atom. The normalized spacial score (nSPS) is 14.1. The summed E-state index contributed by atoms with van der Waals surface area (Å²) in [4.78, 5) is 23.4. The molecule has 0 fully saturated rings. The second-order valence-electron chi connectivity index (χ2n) is 23.1. The zero-order valence-electron chi connectivity index (χ0n) is 49.8. The smallest absolute Gasteiger partial charge is 0.387 e. The van der Waals surface area contributed by atoms with E-state index < -0.39 is 20.0 Å². The third-order valence-corrected chi connectivity index (χ3v) is 15.5. The Morgan fingerprint density at radius 3 is 1.08 bits per heavy atom. The molecule has 3 unspecified atom stereocenters. The lowest BCUT2D eigenvalue weighted by atomic mass is 10.0. The molecule has 8 nitrogen and oxygen atoms in total. The number of aliphatic hydroxyl groups is 1. The number of likely N-dealkylation sites (N-methyl/N-ethyl adjacent to an activating group) is 1. The fourth-order valence-corrected chi connectivity index (χ4v) is 10.2. The topological polar surface area (TPSA) is 105 Å². The summed E-state index contributed by atoms with van der Waals surface area (Å²) in [6.07, 6.45) is 75.3. The van der Waals surface area contributed by atoms with Crippen LogP contribution in [0.15, 0.2) is 48.6 Å². The first-order valence-corrected chi connectivity index (χ1v) is 33.5. The molecule has 0 bridgehead atoms. The minimum atomic E-state index is -4.36. The summed E-state index contributed by atoms with van der Waals surface area (Å²) in [6, 6.07) is -0.872. The number of phosphoric acid groups is 1. The number of nitrogens with one attached hydrogen (secondary N) is 1. The van der Waals surface area contributed by atoms with Gasteiger partial charge in [0.2, 0.25) is 5.91 Å². The van der Waals surface area contributed by atoms with Crippen molar-refractivity contribution in [2.45, 2.75) is 321 Å². The van der Waals surface area contributed by atoms with Gasteiger partial charge in [-0.25, -0.2) is 4.57 Å². The predicted molar refractivity (Wildman–Crippen MR) is 323 cm³/mol. The van der Waals surface area contributed by atoms with Gasteiger partial charge in [0, 0.05) is 6.42 Å². The highest BCUT2D eigenvalue weighted by Crippen LogP contribution is 2.43. The van der Waals surface area contributed by atoms with Crippen LogP contribution in [0.25, 0.3) is 0 Å². The van der Waals surface area contributed by atoms with E-state index in [0.717, 1.165) is 44.9 Å². The van der Waals surface area contributed by atoms with E-state index in [-0.39, 0.29) is 19.1 Å². The molecule has 0 aromatic rings. The van der Waals surface area contributed by atoms with E-state index in [9.17, 15) is 19.4 Å². The van der Waals surface area contributed by atoms with Crippen LogP contribution >= 0.6 is 7.82 Å². The van der Waals surface area contributed by atoms with Crippen molar-refractivity contribution in [2.24, 2.45) is 0 Å². The Balaban J connectivity index is 4.20. The van der Waals surface area contributed by atoms with Crippen molar-refractivity contribution < 1.29 is 32.9 Å². The van der Waals surface area contributed by atoms with Crippen LogP contribution < -0.4 is 5.32 Å². The van der Waals surface area contributed by atoms with E-state index in [4.69, 9.17) is 9.05 Å². The number of hydrogen-bond acceptors (Lipinski definition) is 5. The predicted octanol–water partition coefficient (Wildman–Crippen LogP) is 19.9. The highest BCUT2D eigenvalue weighted by Gasteiger charge is 2.27. The van der Waals surface area contributed by atoms with Gasteiger partial charge in [0.25, 0.3) is 0 Å². The lowest BCUT2D eigenvalue weighted by molar-refractivity contribution is -0.870. The molecule has 436 valence electrons. The van der Waals surface area contributed by atoms with Crippen molar-refractivity contribution in [1.82, 2.24) is 5.32 Å². The summed E-state index contributed by atoms with van der Waals surface area (Å²) in [6.45, 7) is 4.83. The number of allylic oxidation sites excluding steroid dienone is 7. The minimum Gasteiger partial charge on any atom is -0.387 e. The number of aliphatic hydroxyl groups excluding tert-OH is 1. The maximum absolute atomic E-state index is 13.0. The van der Waals surface area contributed by atoms with Crippen LogP contribution in [0.5, 0.6) is 0 Å². The molecular weight excluding hydrogens is 936 g/mol. The van der Waals surface area contributed by atoms with Crippen LogP contribution in [-0.2, 0) is 18.4 Å². The van der Waals surface area contributed by atoms with Crippen molar-refractivity contribution >= 4 is 13.7 Å². The third-order valence-electron chi connectivity index (χ3n) is 14.5. The quantitative estimate of drug-likeness (QED) is 0.0243. The number of carbonyl (C=O) groups is 1. The van der Waals surface area contributed by atoms with Gasteiger partial charge in [-0.1, -0.05) is 281 Å². The number of quaternary nitrogens is 1. The van der Waals surface area contributed by atoms with Gasteiger partial charge in [-0.2, -0.15) is 0 Å². The van der Waals surface area contributed by atoms with Crippen molar-refractivity contribution in [3.8, 4) is 0 Å². The molecule has 0 saturated heterocycles. The van der Waals surface area contributed by atoms with Gasteiger partial charge in [-0.05, 0) is 70.6 Å². The second-order valence-corrected chi connectivity index (χ2v) is 24.6. The van der Waals surface area contributed by atoms with E-state index >= 15 is 0 Å². The molecule has 0 radical (unpaired) electrons. The van der Waals surface area contributed by atoms with Crippen molar-refractivity contribution in [3.63, 3.8) is 0 Å². The van der Waals surface area contributed by atoms with Crippen LogP contribution in [0.1, 0.15) is 309 Å². The van der Waals surface area contributed by atoms with Crippen LogP contribution in [0, 0.1) is 0 Å². The maximum atomic E-state index is 13.0. The number of hydrogen-bond donors (Lipinski definition) is 3. The molecule has 0 aliphatic rings. The van der Waals surface area contributed by atoms with Crippen LogP contribution in [0.3, 0.4) is 0 Å². The fourth-order valence-electron chi connectivity index (χ4n) is 9.48. The summed E-state index contributed by atoms with van der Waals surface area (Å²) in [5.74, 6) is -0.188. The van der Waals surface area contributed by atoms with Gasteiger partial charge < -0.3 is 19.8 Å². The number of unbranched alkanes of at least 4 members (excludes halogenated alkanes) is 40. The molecule has 0 saturated carbocycles. The molecule has 3 atom stereocenters. The van der Waals surface area contributed by atoms with Crippen molar-refractivity contribution in [2.75, 3.05) is 40.9 Å². The largest absolute Gasteiger partial charge is 0.472 e. The second kappa shape index (κ2) is 56.2. The Kier molecular flexibility index (Phi) is 55.0. The van der Waals surface area contributed by atoms with Gasteiger partial charge in [0.05, 0.1) is 39.9 Å². The molecule has 74 heavy (non-hydrogen) atoms. The zero-order valence-corrected chi connectivity index (χ0v) is 50.7. The van der Waals surface area contributed by atoms with Crippen LogP contribution in [-0.4, -0.2) is 73.4 Å². The SMILES string of the molecule is CCCCCCCCCCCCCC/C=C\CCCCCCCCCCCCCC(=O)NC(COP(=O)(O)OCC[N+](C)(C)C)C(O)/C=C/CC/C=C/CC/C=C/CCCCCCCCCCCCCCCCC. The number of phosphoric ester groups is 1. The molecule has 3 N–H and O–H groups in total. The summed E-state index contributed by atoms with van der Waals surface area (Å²) in [5.41, 5.74) is 0. The van der Waals surface area contributed by atoms with Gasteiger partial charge in [0.1, 0.15) is 13.2 Å². The van der Waals surface area contributed by atoms with E-state index in [1.165, 1.54) is 244 Å². The standard InChI is InChI=1S/C65H125N2O6P/c1-6-8-10-12-14-16-18-20-22-24-26-28-30-32-33-35-37-39-41-43-45-47-49-51-53-55-57-59-65(69)66-63(62-73-74(70,71)72-61-60-67(3,4)5)64(68)58-56-54-52-50-48-46-44-42-40-38-36-34-31-29-27-25-23-21-19-17-15-13-11-9-7-2/h32-33,40,42,48,50,56,58,63-64,68H,6-31,34-39,41,43-47,49,51-55,57,59-62H2,1-5H3,(H-,66,69,70,71)/p+1/b33-32-,42-40+,50-48+,58-56+. The molecule has 0 heterocycles. The summed E-state index contributed by atoms with van der Waals surface area (Å²) >= 11 is 0. The molecule has 9 heteroatoms. The Hall–Kier alpha value is -1.54. The van der Waals surface area contributed by atoms with E-state index in [2.05, 4.69) is 55.6 Å². The molecule has 0 aliphatic heterocycles. The molecule has 0 aliphatic carbocycles. The molecule has 0 spiro atoms. The molecule has 1 amide bonds. The maximum Gasteiger partial charge on any atom is 0.472 e. The van der Waals surface area contributed by atoms with E-state index in [1.54, 1.807) is 6.08 Å². The van der Waals surface area contributed by atoms with E-state index in [0.29, 0.717) is 17.4 Å². The average molecular weight is 1060 g/mol. The lowest BCUT2D eigenvalue weighted by Crippen LogP contribution is -2.45. The van der Waals surface area contributed by atoms with Crippen molar-refractivity contribution in [1.29, 1.82) is 0 Å². The molecule has 0 rings (SSSR count). The Labute approximate surface area is 460 Å². The number of nitrogens with zero attached hydrogens (tertiary/aromatic N) is 1. The summed E-state index contributed by atoms with van der Waals surface area (Å²) in [5, 5.41) is 13.9. The third kappa shape index (κ3) is 58.1. The lowest BCUT2D eigenvalue weighted by Gasteiger charge is -2.25. The van der Waals surface area contributed by atoms with Gasteiger partial charge >= 0.3 is 7.82 Å². The first-order valence-electron chi connectivity index (χ1n) is 32.0. The highest BCUT2D eigenvalue weighted by molar-refractivity contribution is 7.47. The minimum absolute atomic E-state index is 0.0533. The number of amides is 1. The molecule has 0 aromatic carbocycles. The first kappa shape index (κ1) is 72.5. The monoisotopic (exact) mass is 1060 g/mol. The Bertz CT molecular complexity index is 1340. The average Bonchev–Trinajstić information content (AvgIpc) is 3.36. The summed E-state index contributed by atoms with van der Waals surface area (Å²) < 4.78 is 23.7. The number of rotatable bonds is 59. The first-order chi connectivity index (χ1) is 36.0. The fraction of sp³-hybridized carbons (Fsp3) is 0.862. The zero-order chi connectivity index (χ0) is 54.2. The van der Waals surface area contributed by atoms with Crippen molar-refractivity contribution in [3.05, 3.63) is 48.6 Å². The molecule has 0 aromatic heterocycles. The number of carbonyl (C=O) groups excluding carboxylic acids is 1. The molecular formula is C65H126N2O6P+. The van der Waals surface area contributed by atoms with Gasteiger partial charge in [-0.15, -0.1) is 0 Å². The summed E-state index contributed by atoms with van der Waals surface area (Å²) in [7, 11) is 1.55. The Morgan fingerprint density at radius 2 is 0.743 bits per heavy atom.